The van der Waals surface area contributed by atoms with Crippen molar-refractivity contribution < 1.29 is 23.4 Å². The number of piperidine rings is 1. The molecule has 1 saturated heterocycles. The van der Waals surface area contributed by atoms with E-state index in [-0.39, 0.29) is 19.0 Å². The van der Waals surface area contributed by atoms with E-state index in [1.54, 1.807) is 14.0 Å². The van der Waals surface area contributed by atoms with Crippen LogP contribution >= 0.6 is 24.0 Å². The summed E-state index contributed by atoms with van der Waals surface area (Å²) in [5.41, 5.74) is 3.14. The summed E-state index contributed by atoms with van der Waals surface area (Å²) in [5, 5.41) is 20.0. The van der Waals surface area contributed by atoms with Gasteiger partial charge in [-0.3, -0.25) is 0 Å². The number of aliphatic hydroxyl groups is 1. The number of β-amino-alcohol motifs (C(OH)–C–C–N with tert-alkyl or cyclic N) is 1. The number of halogens is 2. The van der Waals surface area contributed by atoms with Crippen LogP contribution in [0.2, 0.25) is 5.02 Å². The zero-order chi connectivity index (χ0) is 25.2. The molecule has 1 fully saturated rings. The van der Waals surface area contributed by atoms with Crippen LogP contribution in [0.25, 0.3) is 22.6 Å². The highest BCUT2D eigenvalue weighted by Crippen LogP contribution is 2.36. The van der Waals surface area contributed by atoms with Gasteiger partial charge in [-0.15, -0.1) is 22.6 Å². The first-order chi connectivity index (χ1) is 17.4. The Labute approximate surface area is 226 Å². The van der Waals surface area contributed by atoms with Crippen LogP contribution < -0.4 is 9.47 Å². The fourth-order valence-corrected chi connectivity index (χ4v) is 5.14. The molecule has 0 saturated carbocycles. The number of hydrogen-bond acceptors (Lipinski definition) is 8. The Bertz CT molecular complexity index is 1350. The second-order valence-electron chi connectivity index (χ2n) is 9.29. The lowest BCUT2D eigenvalue weighted by Gasteiger charge is -2.34. The lowest BCUT2D eigenvalue weighted by molar-refractivity contribution is 0.0599. The summed E-state index contributed by atoms with van der Waals surface area (Å²) in [6, 6.07) is 11.4. The van der Waals surface area contributed by atoms with Gasteiger partial charge in [-0.2, -0.15) is 0 Å². The molecule has 8 nitrogen and oxygen atoms in total. The minimum absolute atomic E-state index is 0. The van der Waals surface area contributed by atoms with Gasteiger partial charge in [0.2, 0.25) is 5.89 Å². The normalized spacial score (nSPS) is 15.5. The molecule has 2 aromatic carbocycles. The van der Waals surface area contributed by atoms with Crippen molar-refractivity contribution in [2.45, 2.75) is 38.7 Å². The van der Waals surface area contributed by atoms with E-state index >= 15 is 0 Å². The zero-order valence-electron chi connectivity index (χ0n) is 21.1. The Morgan fingerprint density at radius 1 is 1.11 bits per heavy atom. The minimum atomic E-state index is -0.612. The standard InChI is InChI=1S/C27H30ClN3O5.ClH/c1-16-11-25(33-3)22(28)12-20(16)18-7-9-31(10-8-18)14-19(32)15-34-23-5-4-6-24-21(23)13-26(36-24)27-30-29-17(2)35-27;/h4-6,11-13,18-19,32H,7-10,14-15H2,1-3H3;1H/t19-;/m0./s1. The van der Waals surface area contributed by atoms with Gasteiger partial charge >= 0.3 is 0 Å². The number of aromatic nitrogens is 2. The Morgan fingerprint density at radius 3 is 2.59 bits per heavy atom. The number of ether oxygens (including phenoxy) is 2. The van der Waals surface area contributed by atoms with Crippen LogP contribution in [0, 0.1) is 13.8 Å². The Balaban J connectivity index is 0.00000320. The van der Waals surface area contributed by atoms with Crippen molar-refractivity contribution in [1.29, 1.82) is 0 Å². The summed E-state index contributed by atoms with van der Waals surface area (Å²) in [7, 11) is 1.64. The summed E-state index contributed by atoms with van der Waals surface area (Å²) in [4.78, 5) is 2.29. The molecule has 0 amide bonds. The average Bonchev–Trinajstić information content (AvgIpc) is 3.51. The maximum atomic E-state index is 10.7. The highest BCUT2D eigenvalue weighted by molar-refractivity contribution is 6.32. The van der Waals surface area contributed by atoms with Crippen LogP contribution in [-0.4, -0.2) is 59.7 Å². The molecule has 37 heavy (non-hydrogen) atoms. The van der Waals surface area contributed by atoms with Gasteiger partial charge in [-0.1, -0.05) is 17.7 Å². The molecule has 10 heteroatoms. The fourth-order valence-electron chi connectivity index (χ4n) is 4.89. The van der Waals surface area contributed by atoms with Crippen molar-refractivity contribution in [2.24, 2.45) is 0 Å². The van der Waals surface area contributed by atoms with Gasteiger partial charge in [0.15, 0.2) is 5.76 Å². The Hall–Kier alpha value is -2.78. The molecular formula is C27H31Cl2N3O5. The van der Waals surface area contributed by atoms with Gasteiger partial charge in [0.05, 0.1) is 17.5 Å². The van der Waals surface area contributed by atoms with E-state index in [1.807, 2.05) is 36.4 Å². The van der Waals surface area contributed by atoms with Gasteiger partial charge in [-0.05, 0) is 74.2 Å². The van der Waals surface area contributed by atoms with Gasteiger partial charge in [0.25, 0.3) is 5.89 Å². The highest BCUT2D eigenvalue weighted by atomic mass is 35.5. The first-order valence-corrected chi connectivity index (χ1v) is 12.5. The maximum Gasteiger partial charge on any atom is 0.283 e. The van der Waals surface area contributed by atoms with E-state index in [1.165, 1.54) is 11.1 Å². The van der Waals surface area contributed by atoms with Gasteiger partial charge in [0, 0.05) is 19.5 Å². The molecule has 5 rings (SSSR count). The SMILES string of the molecule is COc1cc(C)c(C2CCN(C[C@H](O)COc3cccc4oc(-c5nnc(C)o5)cc34)CC2)cc1Cl.Cl. The van der Waals surface area contributed by atoms with E-state index in [2.05, 4.69) is 22.0 Å². The van der Waals surface area contributed by atoms with Crippen molar-refractivity contribution in [3.05, 3.63) is 58.4 Å². The second kappa shape index (κ2) is 11.7. The predicted molar refractivity (Wildman–Crippen MR) is 144 cm³/mol. The smallest absolute Gasteiger partial charge is 0.283 e. The lowest BCUT2D eigenvalue weighted by Crippen LogP contribution is -2.40. The molecule has 1 N–H and O–H groups in total. The highest BCUT2D eigenvalue weighted by Gasteiger charge is 2.24. The fraction of sp³-hybridized carbons (Fsp3) is 0.407. The number of furan rings is 1. The zero-order valence-corrected chi connectivity index (χ0v) is 22.6. The number of likely N-dealkylation sites (tertiary alicyclic amines) is 1. The van der Waals surface area contributed by atoms with Crippen LogP contribution in [0.5, 0.6) is 11.5 Å². The summed E-state index contributed by atoms with van der Waals surface area (Å²) < 4.78 is 22.6. The molecule has 1 atom stereocenters. The minimum Gasteiger partial charge on any atom is -0.495 e. The van der Waals surface area contributed by atoms with Crippen molar-refractivity contribution in [1.82, 2.24) is 15.1 Å². The number of hydrogen-bond donors (Lipinski definition) is 1. The summed E-state index contributed by atoms with van der Waals surface area (Å²) in [6.45, 7) is 6.40. The molecule has 0 unspecified atom stereocenters. The third-order valence-electron chi connectivity index (χ3n) is 6.73. The molecule has 2 aromatic heterocycles. The first-order valence-electron chi connectivity index (χ1n) is 12.1. The number of rotatable bonds is 8. The second-order valence-corrected chi connectivity index (χ2v) is 9.70. The molecule has 0 radical (unpaired) electrons. The average molecular weight is 548 g/mol. The predicted octanol–water partition coefficient (Wildman–Crippen LogP) is 5.80. The number of benzene rings is 2. The van der Waals surface area contributed by atoms with Crippen molar-refractivity contribution in [2.75, 3.05) is 33.4 Å². The molecule has 4 aromatic rings. The third-order valence-corrected chi connectivity index (χ3v) is 7.02. The molecule has 0 bridgehead atoms. The lowest BCUT2D eigenvalue weighted by atomic mass is 9.86. The number of nitrogens with zero attached hydrogens (tertiary/aromatic N) is 3. The van der Waals surface area contributed by atoms with Gasteiger partial charge in [-0.25, -0.2) is 0 Å². The van der Waals surface area contributed by atoms with Crippen molar-refractivity contribution in [3.8, 4) is 23.1 Å². The summed E-state index contributed by atoms with van der Waals surface area (Å²) in [6.07, 6.45) is 1.42. The van der Waals surface area contributed by atoms with E-state index in [0.29, 0.717) is 52.1 Å². The molecule has 3 heterocycles. The molecular weight excluding hydrogens is 517 g/mol. The molecule has 1 aliphatic rings. The van der Waals surface area contributed by atoms with E-state index in [9.17, 15) is 5.11 Å². The first kappa shape index (κ1) is 27.3. The number of fused-ring (bicyclic) bond motifs is 1. The molecule has 0 aliphatic carbocycles. The van der Waals surface area contributed by atoms with E-state index < -0.39 is 6.10 Å². The number of aryl methyl sites for hydroxylation is 2. The Kier molecular flexibility index (Phi) is 8.64. The summed E-state index contributed by atoms with van der Waals surface area (Å²) >= 11 is 6.37. The molecule has 0 spiro atoms. The van der Waals surface area contributed by atoms with Crippen molar-refractivity contribution in [3.63, 3.8) is 0 Å². The molecule has 198 valence electrons. The van der Waals surface area contributed by atoms with E-state index in [0.717, 1.165) is 31.3 Å². The van der Waals surface area contributed by atoms with Gasteiger partial charge in [0.1, 0.15) is 29.8 Å². The van der Waals surface area contributed by atoms with Crippen LogP contribution in [0.3, 0.4) is 0 Å². The van der Waals surface area contributed by atoms with Crippen LogP contribution in [-0.2, 0) is 0 Å². The molecule has 1 aliphatic heterocycles. The number of methoxy groups -OCH3 is 1. The van der Waals surface area contributed by atoms with Crippen molar-refractivity contribution >= 4 is 35.0 Å². The third kappa shape index (κ3) is 6.04. The quantitative estimate of drug-likeness (QED) is 0.295. The monoisotopic (exact) mass is 547 g/mol. The van der Waals surface area contributed by atoms with Crippen LogP contribution in [0.1, 0.15) is 35.8 Å². The van der Waals surface area contributed by atoms with Crippen LogP contribution in [0.15, 0.2) is 45.2 Å². The Morgan fingerprint density at radius 2 is 1.89 bits per heavy atom. The van der Waals surface area contributed by atoms with E-state index in [4.69, 9.17) is 29.9 Å². The van der Waals surface area contributed by atoms with Gasteiger partial charge < -0.3 is 28.3 Å². The topological polar surface area (TPSA) is 94.0 Å². The largest absolute Gasteiger partial charge is 0.495 e. The number of aliphatic hydroxyl groups excluding tert-OH is 1. The maximum absolute atomic E-state index is 10.7. The van der Waals surface area contributed by atoms with Crippen LogP contribution in [0.4, 0.5) is 0 Å². The summed E-state index contributed by atoms with van der Waals surface area (Å²) in [5.74, 6) is 3.09.